The standard InChI is InChI=1S/C8H10O12/c9-5(10)17-1-3(19-7(13)14)4(20-8(15)16)2-18-6(11)12/h3-4H,1-2H2,(H,9,10)(H,11,12)(H,13,14)(H,15,16)/t3-,4+. The molecule has 0 saturated carbocycles. The zero-order valence-corrected chi connectivity index (χ0v) is 9.62. The molecule has 0 aliphatic carbocycles. The van der Waals surface area contributed by atoms with Crippen molar-refractivity contribution in [2.24, 2.45) is 0 Å². The number of hydrogen-bond acceptors (Lipinski definition) is 8. The molecule has 0 aliphatic heterocycles. The summed E-state index contributed by atoms with van der Waals surface area (Å²) >= 11 is 0. The van der Waals surface area contributed by atoms with E-state index in [1.165, 1.54) is 0 Å². The maximum absolute atomic E-state index is 10.4. The minimum atomic E-state index is -1.88. The van der Waals surface area contributed by atoms with Crippen molar-refractivity contribution in [3.8, 4) is 0 Å². The van der Waals surface area contributed by atoms with Crippen LogP contribution in [0.3, 0.4) is 0 Å². The average Bonchev–Trinajstić information content (AvgIpc) is 2.28. The molecule has 2 atom stereocenters. The maximum Gasteiger partial charge on any atom is 0.506 e. The molecule has 0 radical (unpaired) electrons. The molecule has 0 aromatic carbocycles. The van der Waals surface area contributed by atoms with Crippen LogP contribution in [0, 0.1) is 0 Å². The number of rotatable bonds is 7. The van der Waals surface area contributed by atoms with Crippen molar-refractivity contribution >= 4 is 24.6 Å². The topological polar surface area (TPSA) is 186 Å². The molecule has 114 valence electrons. The first-order chi connectivity index (χ1) is 9.22. The van der Waals surface area contributed by atoms with Gasteiger partial charge in [0.1, 0.15) is 13.2 Å². The van der Waals surface area contributed by atoms with E-state index in [0.29, 0.717) is 0 Å². The maximum atomic E-state index is 10.4. The number of carboxylic acid groups (broad SMARTS) is 4. The van der Waals surface area contributed by atoms with Gasteiger partial charge in [0, 0.05) is 0 Å². The van der Waals surface area contributed by atoms with Gasteiger partial charge in [0.25, 0.3) is 0 Å². The molecule has 0 heterocycles. The van der Waals surface area contributed by atoms with E-state index in [0.717, 1.165) is 0 Å². The highest BCUT2D eigenvalue weighted by Crippen LogP contribution is 2.08. The van der Waals surface area contributed by atoms with Gasteiger partial charge in [-0.15, -0.1) is 0 Å². The summed E-state index contributed by atoms with van der Waals surface area (Å²) in [5.74, 6) is 0. The zero-order valence-electron chi connectivity index (χ0n) is 9.62. The van der Waals surface area contributed by atoms with Crippen molar-refractivity contribution in [1.29, 1.82) is 0 Å². The molecule has 0 unspecified atom stereocenters. The lowest BCUT2D eigenvalue weighted by Crippen LogP contribution is -2.42. The molecule has 0 rings (SSSR count). The smallest absolute Gasteiger partial charge is 0.450 e. The molecule has 0 aromatic rings. The van der Waals surface area contributed by atoms with Gasteiger partial charge in [-0.3, -0.25) is 0 Å². The van der Waals surface area contributed by atoms with Crippen LogP contribution >= 0.6 is 0 Å². The van der Waals surface area contributed by atoms with E-state index in [9.17, 15) is 19.2 Å². The third-order valence-corrected chi connectivity index (χ3v) is 1.66. The molecule has 0 aliphatic rings. The van der Waals surface area contributed by atoms with E-state index in [4.69, 9.17) is 20.4 Å². The monoisotopic (exact) mass is 298 g/mol. The second-order valence-electron chi connectivity index (χ2n) is 3.00. The minimum absolute atomic E-state index is 0.914. The summed E-state index contributed by atoms with van der Waals surface area (Å²) in [5, 5.41) is 33.4. The third kappa shape index (κ3) is 8.21. The van der Waals surface area contributed by atoms with Crippen LogP contribution in [-0.4, -0.2) is 70.5 Å². The Morgan fingerprint density at radius 1 is 0.650 bits per heavy atom. The van der Waals surface area contributed by atoms with Gasteiger partial charge in [-0.05, 0) is 0 Å². The molecular weight excluding hydrogens is 288 g/mol. The van der Waals surface area contributed by atoms with Crippen LogP contribution in [0.15, 0.2) is 0 Å². The van der Waals surface area contributed by atoms with Crippen molar-refractivity contribution in [3.05, 3.63) is 0 Å². The Morgan fingerprint density at radius 3 is 1.15 bits per heavy atom. The Balaban J connectivity index is 4.83. The predicted molar refractivity (Wildman–Crippen MR) is 53.7 cm³/mol. The quantitative estimate of drug-likeness (QED) is 0.377. The second-order valence-corrected chi connectivity index (χ2v) is 3.00. The molecule has 4 N–H and O–H groups in total. The Bertz CT molecular complexity index is 340. The average molecular weight is 298 g/mol. The van der Waals surface area contributed by atoms with Crippen LogP contribution in [0.4, 0.5) is 19.2 Å². The number of ether oxygens (including phenoxy) is 4. The van der Waals surface area contributed by atoms with Crippen LogP contribution in [0.2, 0.25) is 0 Å². The predicted octanol–water partition coefficient (Wildman–Crippen LogP) is 0.502. The van der Waals surface area contributed by atoms with E-state index in [1.807, 2.05) is 0 Å². The molecule has 0 bridgehead atoms. The minimum Gasteiger partial charge on any atom is -0.450 e. The van der Waals surface area contributed by atoms with Gasteiger partial charge in [0.15, 0.2) is 12.2 Å². The molecule has 0 saturated heterocycles. The number of carbonyl (C=O) groups is 4. The van der Waals surface area contributed by atoms with Crippen LogP contribution in [0.25, 0.3) is 0 Å². The van der Waals surface area contributed by atoms with Crippen molar-refractivity contribution in [2.45, 2.75) is 12.2 Å². The van der Waals surface area contributed by atoms with E-state index >= 15 is 0 Å². The fourth-order valence-electron chi connectivity index (χ4n) is 1.00. The SMILES string of the molecule is O=C(O)OC[C@H](OC(=O)O)[C@@H](COC(=O)O)OC(=O)O. The first kappa shape index (κ1) is 17.1. The Hall–Kier alpha value is -2.92. The molecular formula is C8H10O12. The lowest BCUT2D eigenvalue weighted by molar-refractivity contribution is -0.0846. The summed E-state index contributed by atoms with van der Waals surface area (Å²) in [6, 6.07) is 0. The van der Waals surface area contributed by atoms with Gasteiger partial charge < -0.3 is 39.4 Å². The zero-order chi connectivity index (χ0) is 15.7. The fraction of sp³-hybridized carbons (Fsp3) is 0.500. The summed E-state index contributed by atoms with van der Waals surface area (Å²) in [4.78, 5) is 41.2. The van der Waals surface area contributed by atoms with Crippen molar-refractivity contribution < 1.29 is 58.6 Å². The van der Waals surface area contributed by atoms with Gasteiger partial charge in [0.05, 0.1) is 0 Å². The van der Waals surface area contributed by atoms with E-state index in [-0.39, 0.29) is 0 Å². The van der Waals surface area contributed by atoms with E-state index < -0.39 is 50.0 Å². The largest absolute Gasteiger partial charge is 0.506 e. The van der Waals surface area contributed by atoms with Crippen LogP contribution in [0.1, 0.15) is 0 Å². The number of hydrogen-bond donors (Lipinski definition) is 4. The van der Waals surface area contributed by atoms with Crippen LogP contribution < -0.4 is 0 Å². The van der Waals surface area contributed by atoms with Crippen LogP contribution in [0.5, 0.6) is 0 Å². The van der Waals surface area contributed by atoms with Gasteiger partial charge in [-0.25, -0.2) is 19.2 Å². The molecule has 20 heavy (non-hydrogen) atoms. The highest BCUT2D eigenvalue weighted by molar-refractivity contribution is 5.59. The lowest BCUT2D eigenvalue weighted by atomic mass is 10.2. The van der Waals surface area contributed by atoms with E-state index in [2.05, 4.69) is 18.9 Å². The molecule has 12 nitrogen and oxygen atoms in total. The van der Waals surface area contributed by atoms with Gasteiger partial charge in [-0.1, -0.05) is 0 Å². The molecule has 12 heteroatoms. The summed E-state index contributed by atoms with van der Waals surface area (Å²) in [5.41, 5.74) is 0. The van der Waals surface area contributed by atoms with Gasteiger partial charge >= 0.3 is 24.6 Å². The van der Waals surface area contributed by atoms with E-state index in [1.54, 1.807) is 0 Å². The van der Waals surface area contributed by atoms with Gasteiger partial charge in [-0.2, -0.15) is 0 Å². The lowest BCUT2D eigenvalue weighted by Gasteiger charge is -2.23. The second kappa shape index (κ2) is 8.23. The molecule has 0 fully saturated rings. The van der Waals surface area contributed by atoms with Crippen molar-refractivity contribution in [2.75, 3.05) is 13.2 Å². The Labute approximate surface area is 110 Å². The highest BCUT2D eigenvalue weighted by atomic mass is 16.7. The summed E-state index contributed by atoms with van der Waals surface area (Å²) < 4.78 is 16.4. The summed E-state index contributed by atoms with van der Waals surface area (Å²) in [6.07, 6.45) is -10.8. The Kier molecular flexibility index (Phi) is 7.03. The summed E-state index contributed by atoms with van der Waals surface area (Å²) in [7, 11) is 0. The highest BCUT2D eigenvalue weighted by Gasteiger charge is 2.32. The van der Waals surface area contributed by atoms with Crippen LogP contribution in [-0.2, 0) is 18.9 Å². The normalized spacial score (nSPS) is 12.6. The molecule has 0 spiro atoms. The first-order valence-corrected chi connectivity index (χ1v) is 4.73. The fourth-order valence-corrected chi connectivity index (χ4v) is 1.00. The van der Waals surface area contributed by atoms with Crippen molar-refractivity contribution in [1.82, 2.24) is 0 Å². The van der Waals surface area contributed by atoms with Crippen molar-refractivity contribution in [3.63, 3.8) is 0 Å². The molecule has 0 amide bonds. The molecule has 0 aromatic heterocycles. The Morgan fingerprint density at radius 2 is 0.950 bits per heavy atom. The third-order valence-electron chi connectivity index (χ3n) is 1.66. The summed E-state index contributed by atoms with van der Waals surface area (Å²) in [6.45, 7) is -1.83. The first-order valence-electron chi connectivity index (χ1n) is 4.73. The van der Waals surface area contributed by atoms with Gasteiger partial charge in [0.2, 0.25) is 0 Å².